The fraction of sp³-hybridized carbons (Fsp3) is 0.818. The highest BCUT2D eigenvalue weighted by Crippen LogP contribution is 2.14. The SMILES string of the molecule is CCCC(=O)NC(C)(CC)CCOC(=O)NN. The normalized spacial score (nSPS) is 13.6. The van der Waals surface area contributed by atoms with Crippen molar-refractivity contribution in [3.63, 3.8) is 0 Å². The molecule has 0 aromatic rings. The molecule has 0 rings (SSSR count). The van der Waals surface area contributed by atoms with Crippen molar-refractivity contribution in [3.05, 3.63) is 0 Å². The van der Waals surface area contributed by atoms with Gasteiger partial charge in [-0.1, -0.05) is 13.8 Å². The van der Waals surface area contributed by atoms with Crippen molar-refractivity contribution in [1.29, 1.82) is 0 Å². The third kappa shape index (κ3) is 6.78. The van der Waals surface area contributed by atoms with Crippen LogP contribution in [0.4, 0.5) is 4.79 Å². The lowest BCUT2D eigenvalue weighted by atomic mass is 9.94. The first-order valence-electron chi connectivity index (χ1n) is 5.91. The second kappa shape index (κ2) is 7.89. The highest BCUT2D eigenvalue weighted by atomic mass is 16.5. The Kier molecular flexibility index (Phi) is 7.29. The van der Waals surface area contributed by atoms with E-state index in [0.29, 0.717) is 12.8 Å². The van der Waals surface area contributed by atoms with Crippen LogP contribution in [0, 0.1) is 0 Å². The van der Waals surface area contributed by atoms with Crippen molar-refractivity contribution < 1.29 is 14.3 Å². The molecular formula is C11H23N3O3. The fourth-order valence-corrected chi connectivity index (χ4v) is 1.36. The van der Waals surface area contributed by atoms with E-state index in [1.54, 1.807) is 0 Å². The van der Waals surface area contributed by atoms with Gasteiger partial charge in [-0.25, -0.2) is 10.6 Å². The third-order valence-corrected chi connectivity index (χ3v) is 2.70. The summed E-state index contributed by atoms with van der Waals surface area (Å²) >= 11 is 0. The van der Waals surface area contributed by atoms with E-state index in [9.17, 15) is 9.59 Å². The van der Waals surface area contributed by atoms with Crippen molar-refractivity contribution in [2.75, 3.05) is 6.61 Å². The molecule has 0 aliphatic heterocycles. The number of hydrogen-bond acceptors (Lipinski definition) is 4. The summed E-state index contributed by atoms with van der Waals surface area (Å²) in [6, 6.07) is 0. The Bertz CT molecular complexity index is 258. The molecule has 0 aromatic heterocycles. The van der Waals surface area contributed by atoms with E-state index in [2.05, 4.69) is 5.32 Å². The molecule has 6 heteroatoms. The molecule has 0 saturated carbocycles. The van der Waals surface area contributed by atoms with Crippen LogP contribution in [-0.2, 0) is 9.53 Å². The van der Waals surface area contributed by atoms with Gasteiger partial charge >= 0.3 is 6.09 Å². The summed E-state index contributed by atoms with van der Waals surface area (Å²) in [5.41, 5.74) is 1.54. The number of nitrogens with one attached hydrogen (secondary N) is 2. The smallest absolute Gasteiger partial charge is 0.421 e. The molecule has 0 saturated heterocycles. The standard InChI is InChI=1S/C11H23N3O3/c1-4-6-9(15)13-11(3,5-2)7-8-17-10(16)14-12/h4-8,12H2,1-3H3,(H,13,15)(H,14,16). The van der Waals surface area contributed by atoms with Gasteiger partial charge in [-0.05, 0) is 19.8 Å². The van der Waals surface area contributed by atoms with Crippen LogP contribution in [0.1, 0.15) is 46.5 Å². The number of hydrazine groups is 1. The lowest BCUT2D eigenvalue weighted by Gasteiger charge is -2.29. The maximum Gasteiger partial charge on any atom is 0.421 e. The molecule has 0 fully saturated rings. The number of carbonyl (C=O) groups is 2. The minimum atomic E-state index is -0.664. The number of hydrogen-bond donors (Lipinski definition) is 3. The quantitative estimate of drug-likeness (QED) is 0.355. The van der Waals surface area contributed by atoms with E-state index in [1.807, 2.05) is 26.2 Å². The highest BCUT2D eigenvalue weighted by Gasteiger charge is 2.24. The summed E-state index contributed by atoms with van der Waals surface area (Å²) in [5, 5.41) is 2.95. The number of rotatable bonds is 7. The van der Waals surface area contributed by atoms with Crippen molar-refractivity contribution in [2.24, 2.45) is 5.84 Å². The van der Waals surface area contributed by atoms with E-state index >= 15 is 0 Å². The molecule has 0 heterocycles. The van der Waals surface area contributed by atoms with Crippen molar-refractivity contribution >= 4 is 12.0 Å². The molecule has 0 aliphatic carbocycles. The minimum absolute atomic E-state index is 0.0279. The zero-order chi connectivity index (χ0) is 13.3. The van der Waals surface area contributed by atoms with Crippen LogP contribution in [0.25, 0.3) is 0 Å². The number of carbonyl (C=O) groups excluding carboxylic acids is 2. The molecule has 2 amide bonds. The zero-order valence-electron chi connectivity index (χ0n) is 10.8. The Morgan fingerprint density at radius 2 is 2.00 bits per heavy atom. The molecule has 6 nitrogen and oxygen atoms in total. The molecule has 0 aliphatic rings. The highest BCUT2D eigenvalue weighted by molar-refractivity contribution is 5.76. The zero-order valence-corrected chi connectivity index (χ0v) is 10.8. The van der Waals surface area contributed by atoms with Crippen LogP contribution in [0.2, 0.25) is 0 Å². The van der Waals surface area contributed by atoms with Gasteiger partial charge in [0.2, 0.25) is 5.91 Å². The largest absolute Gasteiger partial charge is 0.449 e. The molecule has 0 spiro atoms. The Balaban J connectivity index is 4.09. The van der Waals surface area contributed by atoms with Crippen molar-refractivity contribution in [2.45, 2.75) is 52.0 Å². The predicted molar refractivity (Wildman–Crippen MR) is 65.0 cm³/mol. The Hall–Kier alpha value is -1.30. The molecular weight excluding hydrogens is 222 g/mol. The maximum absolute atomic E-state index is 11.5. The Labute approximate surface area is 102 Å². The van der Waals surface area contributed by atoms with E-state index in [1.165, 1.54) is 0 Å². The van der Waals surface area contributed by atoms with Gasteiger partial charge in [0.25, 0.3) is 0 Å². The fourth-order valence-electron chi connectivity index (χ4n) is 1.36. The van der Waals surface area contributed by atoms with Crippen LogP contribution in [-0.4, -0.2) is 24.1 Å². The summed E-state index contributed by atoms with van der Waals surface area (Å²) in [7, 11) is 0. The summed E-state index contributed by atoms with van der Waals surface area (Å²) in [6.07, 6.45) is 2.00. The van der Waals surface area contributed by atoms with Gasteiger partial charge in [0, 0.05) is 18.4 Å². The van der Waals surface area contributed by atoms with Crippen LogP contribution in [0.5, 0.6) is 0 Å². The predicted octanol–water partition coefficient (Wildman–Crippen LogP) is 1.06. The summed E-state index contributed by atoms with van der Waals surface area (Å²) in [6.45, 7) is 6.09. The maximum atomic E-state index is 11.5. The van der Waals surface area contributed by atoms with E-state index in [-0.39, 0.29) is 18.1 Å². The molecule has 4 N–H and O–H groups in total. The molecule has 0 radical (unpaired) electrons. The molecule has 0 aromatic carbocycles. The van der Waals surface area contributed by atoms with Gasteiger partial charge in [-0.2, -0.15) is 0 Å². The number of ether oxygens (including phenoxy) is 1. The first kappa shape index (κ1) is 15.7. The molecule has 1 unspecified atom stereocenters. The van der Waals surface area contributed by atoms with E-state index < -0.39 is 6.09 Å². The van der Waals surface area contributed by atoms with Crippen LogP contribution in [0.15, 0.2) is 0 Å². The van der Waals surface area contributed by atoms with Crippen LogP contribution in [0.3, 0.4) is 0 Å². The minimum Gasteiger partial charge on any atom is -0.449 e. The summed E-state index contributed by atoms with van der Waals surface area (Å²) in [5.74, 6) is 4.91. The molecule has 1 atom stereocenters. The topological polar surface area (TPSA) is 93.4 Å². The monoisotopic (exact) mass is 245 g/mol. The van der Waals surface area contributed by atoms with Crippen molar-refractivity contribution in [1.82, 2.24) is 10.7 Å². The van der Waals surface area contributed by atoms with Gasteiger partial charge in [0.1, 0.15) is 0 Å². The van der Waals surface area contributed by atoms with Gasteiger partial charge in [-0.15, -0.1) is 0 Å². The Morgan fingerprint density at radius 1 is 1.35 bits per heavy atom. The van der Waals surface area contributed by atoms with Crippen LogP contribution >= 0.6 is 0 Å². The first-order valence-corrected chi connectivity index (χ1v) is 5.91. The van der Waals surface area contributed by atoms with E-state index in [0.717, 1.165) is 12.8 Å². The molecule has 100 valence electrons. The number of nitrogens with two attached hydrogens (primary N) is 1. The van der Waals surface area contributed by atoms with Gasteiger partial charge < -0.3 is 10.1 Å². The lowest BCUT2D eigenvalue weighted by Crippen LogP contribution is -2.46. The summed E-state index contributed by atoms with van der Waals surface area (Å²) < 4.78 is 4.80. The van der Waals surface area contributed by atoms with Gasteiger partial charge in [0.05, 0.1) is 6.61 Å². The second-order valence-electron chi connectivity index (χ2n) is 4.24. The van der Waals surface area contributed by atoms with Crippen LogP contribution < -0.4 is 16.6 Å². The second-order valence-corrected chi connectivity index (χ2v) is 4.24. The number of amides is 2. The average molecular weight is 245 g/mol. The molecule has 17 heavy (non-hydrogen) atoms. The average Bonchev–Trinajstić information content (AvgIpc) is 2.29. The Morgan fingerprint density at radius 3 is 2.47 bits per heavy atom. The van der Waals surface area contributed by atoms with Crippen molar-refractivity contribution in [3.8, 4) is 0 Å². The molecule has 0 bridgehead atoms. The summed E-state index contributed by atoms with van der Waals surface area (Å²) in [4.78, 5) is 22.3. The third-order valence-electron chi connectivity index (χ3n) is 2.70. The first-order chi connectivity index (χ1) is 7.97. The van der Waals surface area contributed by atoms with Gasteiger partial charge in [0.15, 0.2) is 0 Å². The lowest BCUT2D eigenvalue weighted by molar-refractivity contribution is -0.123. The van der Waals surface area contributed by atoms with Gasteiger partial charge in [-0.3, -0.25) is 10.2 Å². The van der Waals surface area contributed by atoms with E-state index in [4.69, 9.17) is 10.6 Å².